The Labute approximate surface area is 117 Å². The number of H-pyrrole nitrogens is 1. The smallest absolute Gasteiger partial charge is 0.340 e. The van der Waals surface area contributed by atoms with Crippen LogP contribution in [0.15, 0.2) is 24.4 Å². The van der Waals surface area contributed by atoms with Crippen LogP contribution in [0, 0.1) is 0 Å². The maximum absolute atomic E-state index is 11.3. The van der Waals surface area contributed by atoms with Crippen molar-refractivity contribution in [2.45, 2.75) is 19.8 Å². The van der Waals surface area contributed by atoms with Gasteiger partial charge in [-0.25, -0.2) is 4.79 Å². The fraction of sp³-hybridized carbons (Fsp3) is 0.267. The molecule has 0 spiro atoms. The summed E-state index contributed by atoms with van der Waals surface area (Å²) in [5, 5.41) is 9.26. The number of nitrogens with one attached hydrogen (secondary N) is 1. The second-order valence-corrected chi connectivity index (χ2v) is 4.91. The lowest BCUT2D eigenvalue weighted by Crippen LogP contribution is -2.02. The quantitative estimate of drug-likeness (QED) is 0.799. The lowest BCUT2D eigenvalue weighted by molar-refractivity contribution is 0.0699. The van der Waals surface area contributed by atoms with Crippen molar-refractivity contribution in [3.8, 4) is 17.0 Å². The molecule has 0 aliphatic rings. The summed E-state index contributed by atoms with van der Waals surface area (Å²) in [5.41, 5.74) is 8.25. The van der Waals surface area contributed by atoms with Gasteiger partial charge in [-0.2, -0.15) is 0 Å². The number of rotatable bonds is 4. The first kappa shape index (κ1) is 14.0. The zero-order valence-electron chi connectivity index (χ0n) is 11.7. The van der Waals surface area contributed by atoms with Crippen LogP contribution < -0.4 is 10.5 Å². The zero-order chi connectivity index (χ0) is 14.9. The first-order valence-corrected chi connectivity index (χ1v) is 6.34. The van der Waals surface area contributed by atoms with Gasteiger partial charge in [0.15, 0.2) is 0 Å². The molecular weight excluding hydrogens is 256 g/mol. The summed E-state index contributed by atoms with van der Waals surface area (Å²) in [6.07, 6.45) is 1.48. The molecule has 0 saturated heterocycles. The fourth-order valence-electron chi connectivity index (χ4n) is 2.15. The Morgan fingerprint density at radius 3 is 2.65 bits per heavy atom. The molecule has 0 atom stereocenters. The molecular formula is C15H18N2O3. The summed E-state index contributed by atoms with van der Waals surface area (Å²) in [4.78, 5) is 14.2. The van der Waals surface area contributed by atoms with Crippen LogP contribution in [0.5, 0.6) is 5.75 Å². The number of anilines is 1. The van der Waals surface area contributed by atoms with E-state index in [1.165, 1.54) is 6.20 Å². The molecule has 4 N–H and O–H groups in total. The maximum Gasteiger partial charge on any atom is 0.340 e. The van der Waals surface area contributed by atoms with Crippen molar-refractivity contribution in [3.05, 3.63) is 35.5 Å². The van der Waals surface area contributed by atoms with Gasteiger partial charge >= 0.3 is 5.97 Å². The van der Waals surface area contributed by atoms with E-state index in [1.54, 1.807) is 7.11 Å². The Balaban J connectivity index is 2.61. The molecule has 5 nitrogen and oxygen atoms in total. The summed E-state index contributed by atoms with van der Waals surface area (Å²) in [7, 11) is 1.57. The highest BCUT2D eigenvalue weighted by Gasteiger charge is 2.20. The molecule has 0 saturated carbocycles. The average Bonchev–Trinajstić information content (AvgIpc) is 2.79. The van der Waals surface area contributed by atoms with Gasteiger partial charge in [0.1, 0.15) is 11.3 Å². The molecule has 0 unspecified atom stereocenters. The molecule has 0 aliphatic carbocycles. The van der Waals surface area contributed by atoms with Crippen LogP contribution in [0.25, 0.3) is 11.3 Å². The largest absolute Gasteiger partial charge is 0.496 e. The van der Waals surface area contributed by atoms with E-state index in [4.69, 9.17) is 10.5 Å². The molecule has 0 radical (unpaired) electrons. The normalized spacial score (nSPS) is 10.8. The summed E-state index contributed by atoms with van der Waals surface area (Å²) in [6, 6.07) is 5.74. The van der Waals surface area contributed by atoms with E-state index >= 15 is 0 Å². The van der Waals surface area contributed by atoms with E-state index in [9.17, 15) is 9.90 Å². The van der Waals surface area contributed by atoms with E-state index in [2.05, 4.69) is 18.8 Å². The van der Waals surface area contributed by atoms with E-state index in [-0.39, 0.29) is 11.3 Å². The van der Waals surface area contributed by atoms with Crippen LogP contribution in [0.1, 0.15) is 35.7 Å². The number of aromatic nitrogens is 1. The zero-order valence-corrected chi connectivity index (χ0v) is 11.7. The van der Waals surface area contributed by atoms with Crippen molar-refractivity contribution < 1.29 is 14.6 Å². The van der Waals surface area contributed by atoms with E-state index in [0.717, 1.165) is 5.56 Å². The van der Waals surface area contributed by atoms with Crippen molar-refractivity contribution in [2.75, 3.05) is 12.8 Å². The third-order valence-corrected chi connectivity index (χ3v) is 3.29. The van der Waals surface area contributed by atoms with Crippen LogP contribution in [0.4, 0.5) is 5.69 Å². The summed E-state index contributed by atoms with van der Waals surface area (Å²) >= 11 is 0. The molecule has 0 amide bonds. The third-order valence-electron chi connectivity index (χ3n) is 3.29. The summed E-state index contributed by atoms with van der Waals surface area (Å²) in [5.74, 6) is -0.0695. The van der Waals surface area contributed by atoms with Crippen LogP contribution in [0.3, 0.4) is 0 Å². The number of aromatic amines is 1. The summed E-state index contributed by atoms with van der Waals surface area (Å²) < 4.78 is 5.38. The molecule has 1 aromatic carbocycles. The van der Waals surface area contributed by atoms with E-state index < -0.39 is 5.97 Å². The van der Waals surface area contributed by atoms with Crippen molar-refractivity contribution in [1.82, 2.24) is 4.98 Å². The lowest BCUT2D eigenvalue weighted by Gasteiger charge is -2.12. The predicted molar refractivity (Wildman–Crippen MR) is 78.2 cm³/mol. The fourth-order valence-corrected chi connectivity index (χ4v) is 2.15. The highest BCUT2D eigenvalue weighted by Crippen LogP contribution is 2.35. The van der Waals surface area contributed by atoms with Gasteiger partial charge in [-0.05, 0) is 23.6 Å². The topological polar surface area (TPSA) is 88.3 Å². The number of carboxylic acid groups (broad SMARTS) is 1. The Hall–Kier alpha value is -2.43. The van der Waals surface area contributed by atoms with Crippen molar-refractivity contribution >= 4 is 11.7 Å². The number of carboxylic acids is 1. The Kier molecular flexibility index (Phi) is 3.70. The second-order valence-electron chi connectivity index (χ2n) is 4.91. The van der Waals surface area contributed by atoms with Crippen LogP contribution >= 0.6 is 0 Å². The van der Waals surface area contributed by atoms with E-state index in [0.29, 0.717) is 22.9 Å². The first-order chi connectivity index (χ1) is 9.45. The second kappa shape index (κ2) is 5.28. The number of nitrogens with two attached hydrogens (primary N) is 1. The molecule has 1 heterocycles. The van der Waals surface area contributed by atoms with Gasteiger partial charge in [-0.1, -0.05) is 19.9 Å². The molecule has 20 heavy (non-hydrogen) atoms. The number of aromatic carboxylic acids is 1. The van der Waals surface area contributed by atoms with Gasteiger partial charge in [0, 0.05) is 11.8 Å². The highest BCUT2D eigenvalue weighted by atomic mass is 16.5. The van der Waals surface area contributed by atoms with Crippen LogP contribution in [-0.2, 0) is 0 Å². The number of methoxy groups -OCH3 is 1. The lowest BCUT2D eigenvalue weighted by atomic mass is 9.98. The first-order valence-electron chi connectivity index (χ1n) is 6.34. The van der Waals surface area contributed by atoms with Gasteiger partial charge in [0.25, 0.3) is 0 Å². The van der Waals surface area contributed by atoms with Gasteiger partial charge in [0.2, 0.25) is 0 Å². The maximum atomic E-state index is 11.3. The van der Waals surface area contributed by atoms with Gasteiger partial charge < -0.3 is 20.6 Å². The molecule has 2 aromatic rings. The molecule has 2 rings (SSSR count). The minimum absolute atomic E-state index is 0.0700. The molecule has 106 valence electrons. The number of benzene rings is 1. The van der Waals surface area contributed by atoms with Gasteiger partial charge in [-0.15, -0.1) is 0 Å². The minimum Gasteiger partial charge on any atom is -0.496 e. The Bertz CT molecular complexity index is 645. The number of nitrogen functional groups attached to an aromatic ring is 1. The van der Waals surface area contributed by atoms with Crippen molar-refractivity contribution in [1.29, 1.82) is 0 Å². The van der Waals surface area contributed by atoms with Crippen LogP contribution in [0.2, 0.25) is 0 Å². The van der Waals surface area contributed by atoms with Crippen LogP contribution in [-0.4, -0.2) is 23.2 Å². The number of ether oxygens (including phenoxy) is 1. The third kappa shape index (κ3) is 2.34. The van der Waals surface area contributed by atoms with Crippen molar-refractivity contribution in [2.24, 2.45) is 0 Å². The Morgan fingerprint density at radius 1 is 1.40 bits per heavy atom. The molecule has 0 fully saturated rings. The van der Waals surface area contributed by atoms with E-state index in [1.807, 2.05) is 18.2 Å². The van der Waals surface area contributed by atoms with Gasteiger partial charge in [0.05, 0.1) is 18.5 Å². The SMILES string of the molecule is COc1cc(C(C)C)ccc1-c1[nH]cc(N)c1C(=O)O. The minimum atomic E-state index is -1.06. The monoisotopic (exact) mass is 274 g/mol. The molecule has 5 heteroatoms. The number of hydrogen-bond acceptors (Lipinski definition) is 3. The number of carbonyl (C=O) groups is 1. The predicted octanol–water partition coefficient (Wildman–Crippen LogP) is 3.09. The molecule has 0 aliphatic heterocycles. The summed E-state index contributed by atoms with van der Waals surface area (Å²) in [6.45, 7) is 4.17. The molecule has 1 aromatic heterocycles. The van der Waals surface area contributed by atoms with Crippen molar-refractivity contribution in [3.63, 3.8) is 0 Å². The average molecular weight is 274 g/mol. The highest BCUT2D eigenvalue weighted by molar-refractivity contribution is 6.01. The molecule has 0 bridgehead atoms. The Morgan fingerprint density at radius 2 is 2.10 bits per heavy atom. The number of hydrogen-bond donors (Lipinski definition) is 3. The standard InChI is InChI=1S/C15H18N2O3/c1-8(2)9-4-5-10(12(6-9)20-3)14-13(15(18)19)11(16)7-17-14/h4-8,17H,16H2,1-3H3,(H,18,19). The van der Waals surface area contributed by atoms with Gasteiger partial charge in [-0.3, -0.25) is 0 Å².